The van der Waals surface area contributed by atoms with Crippen molar-refractivity contribution >= 4 is 12.1 Å². The van der Waals surface area contributed by atoms with Gasteiger partial charge < -0.3 is 5.32 Å². The first-order valence-corrected chi connectivity index (χ1v) is 5.85. The normalized spacial score (nSPS) is 13.4. The minimum absolute atomic E-state index is 0.0245. The lowest BCUT2D eigenvalue weighted by Gasteiger charge is -2.12. The molecule has 1 N–H and O–H groups in total. The molecule has 0 spiro atoms. The average molecular weight is 212 g/mol. The second kappa shape index (κ2) is 8.45. The number of nitrogens with zero attached hydrogens (tertiary/aromatic N) is 1. The molecule has 0 aliphatic heterocycles. The quantitative estimate of drug-likeness (QED) is 0.511. The van der Waals surface area contributed by atoms with Crippen LogP contribution in [-0.4, -0.2) is 25.2 Å². The lowest BCUT2D eigenvalue weighted by atomic mass is 10.0. The van der Waals surface area contributed by atoms with Gasteiger partial charge >= 0.3 is 0 Å². The molecule has 0 aromatic rings. The molecule has 0 fully saturated rings. The monoisotopic (exact) mass is 212 g/mol. The zero-order valence-electron chi connectivity index (χ0n) is 10.4. The number of likely N-dealkylation sites (N-methyl/N-ethyl adjacent to an activating group) is 1. The molecular weight excluding hydrogens is 188 g/mol. The van der Waals surface area contributed by atoms with Crippen LogP contribution in [-0.2, 0) is 4.79 Å². The zero-order valence-corrected chi connectivity index (χ0v) is 10.4. The molecule has 15 heavy (non-hydrogen) atoms. The maximum atomic E-state index is 11.5. The molecule has 1 atom stereocenters. The van der Waals surface area contributed by atoms with Crippen molar-refractivity contribution in [2.24, 2.45) is 10.9 Å². The maximum absolute atomic E-state index is 11.5. The summed E-state index contributed by atoms with van der Waals surface area (Å²) >= 11 is 0. The molecule has 0 aromatic carbocycles. The summed E-state index contributed by atoms with van der Waals surface area (Å²) in [5.41, 5.74) is 0. The summed E-state index contributed by atoms with van der Waals surface area (Å²) in [7, 11) is 1.66. The van der Waals surface area contributed by atoms with Gasteiger partial charge in [0.2, 0.25) is 5.91 Å². The number of hydrogen-bond acceptors (Lipinski definition) is 2. The summed E-state index contributed by atoms with van der Waals surface area (Å²) in [6.45, 7) is 6.37. The van der Waals surface area contributed by atoms with E-state index in [1.807, 2.05) is 6.21 Å². The molecular formula is C12H24N2O. The van der Waals surface area contributed by atoms with Gasteiger partial charge in [-0.2, -0.15) is 0 Å². The standard InChI is InChI=1S/C12H24N2O/c1-5-6-7-8-14-11(9-10(2)3)12(15)13-4/h8,10-11H,5-7,9H2,1-4H3,(H,13,15)/t11-/m0/s1. The molecule has 1 amide bonds. The van der Waals surface area contributed by atoms with Gasteiger partial charge in [-0.1, -0.05) is 27.2 Å². The van der Waals surface area contributed by atoms with E-state index in [1.165, 1.54) is 6.42 Å². The number of rotatable bonds is 7. The van der Waals surface area contributed by atoms with E-state index in [9.17, 15) is 4.79 Å². The first-order chi connectivity index (χ1) is 7.11. The van der Waals surface area contributed by atoms with Crippen molar-refractivity contribution in [2.75, 3.05) is 7.05 Å². The molecule has 0 bridgehead atoms. The van der Waals surface area contributed by atoms with Gasteiger partial charge in [0, 0.05) is 7.05 Å². The van der Waals surface area contributed by atoms with E-state index in [1.54, 1.807) is 7.05 Å². The predicted octanol–water partition coefficient (Wildman–Crippen LogP) is 2.41. The Hall–Kier alpha value is -0.860. The van der Waals surface area contributed by atoms with E-state index < -0.39 is 0 Å². The topological polar surface area (TPSA) is 41.5 Å². The van der Waals surface area contributed by atoms with Gasteiger partial charge in [0.25, 0.3) is 0 Å². The first-order valence-electron chi connectivity index (χ1n) is 5.85. The molecule has 0 aromatic heterocycles. The third-order valence-electron chi connectivity index (χ3n) is 2.22. The van der Waals surface area contributed by atoms with Gasteiger partial charge in [-0.15, -0.1) is 0 Å². The highest BCUT2D eigenvalue weighted by molar-refractivity contribution is 5.83. The van der Waals surface area contributed by atoms with Crippen LogP contribution in [0.1, 0.15) is 46.5 Å². The maximum Gasteiger partial charge on any atom is 0.244 e. The molecule has 0 saturated heterocycles. The Kier molecular flexibility index (Phi) is 7.96. The number of unbranched alkanes of at least 4 members (excludes halogenated alkanes) is 2. The van der Waals surface area contributed by atoms with Crippen LogP contribution in [0.2, 0.25) is 0 Å². The zero-order chi connectivity index (χ0) is 11.7. The summed E-state index contributed by atoms with van der Waals surface area (Å²) in [5.74, 6) is 0.520. The molecule has 0 radical (unpaired) electrons. The Bertz CT molecular complexity index is 200. The second-order valence-corrected chi connectivity index (χ2v) is 4.23. The third kappa shape index (κ3) is 7.11. The Morgan fingerprint density at radius 2 is 2.13 bits per heavy atom. The third-order valence-corrected chi connectivity index (χ3v) is 2.22. The smallest absolute Gasteiger partial charge is 0.244 e. The van der Waals surface area contributed by atoms with Gasteiger partial charge in [0.15, 0.2) is 0 Å². The fourth-order valence-electron chi connectivity index (χ4n) is 1.35. The number of amides is 1. The highest BCUT2D eigenvalue weighted by Gasteiger charge is 2.16. The average Bonchev–Trinajstić information content (AvgIpc) is 2.21. The van der Waals surface area contributed by atoms with Gasteiger partial charge in [-0.3, -0.25) is 9.79 Å². The molecule has 0 aliphatic carbocycles. The van der Waals surface area contributed by atoms with E-state index in [-0.39, 0.29) is 11.9 Å². The van der Waals surface area contributed by atoms with Crippen LogP contribution < -0.4 is 5.32 Å². The Morgan fingerprint density at radius 3 is 2.60 bits per heavy atom. The first kappa shape index (κ1) is 14.1. The van der Waals surface area contributed by atoms with Crippen molar-refractivity contribution in [1.29, 1.82) is 0 Å². The van der Waals surface area contributed by atoms with Crippen molar-refractivity contribution in [3.8, 4) is 0 Å². The van der Waals surface area contributed by atoms with E-state index in [0.29, 0.717) is 5.92 Å². The highest BCUT2D eigenvalue weighted by Crippen LogP contribution is 2.08. The summed E-state index contributed by atoms with van der Waals surface area (Å²) < 4.78 is 0. The highest BCUT2D eigenvalue weighted by atomic mass is 16.2. The summed E-state index contributed by atoms with van der Waals surface area (Å²) in [4.78, 5) is 15.8. The number of aliphatic imine (C=N–C) groups is 1. The predicted molar refractivity (Wildman–Crippen MR) is 65.3 cm³/mol. The lowest BCUT2D eigenvalue weighted by molar-refractivity contribution is -0.122. The van der Waals surface area contributed by atoms with E-state index in [4.69, 9.17) is 0 Å². The van der Waals surface area contributed by atoms with Gasteiger partial charge in [-0.25, -0.2) is 0 Å². The molecule has 0 unspecified atom stereocenters. The molecule has 0 aliphatic rings. The number of hydrogen-bond donors (Lipinski definition) is 1. The van der Waals surface area contributed by atoms with Gasteiger partial charge in [0.1, 0.15) is 6.04 Å². The molecule has 0 rings (SSSR count). The molecule has 3 nitrogen and oxygen atoms in total. The van der Waals surface area contributed by atoms with Gasteiger partial charge in [-0.05, 0) is 31.4 Å². The number of carbonyl (C=O) groups is 1. The molecule has 88 valence electrons. The van der Waals surface area contributed by atoms with Crippen molar-refractivity contribution in [3.05, 3.63) is 0 Å². The van der Waals surface area contributed by atoms with Crippen LogP contribution in [0.25, 0.3) is 0 Å². The van der Waals surface area contributed by atoms with E-state index in [0.717, 1.165) is 19.3 Å². The second-order valence-electron chi connectivity index (χ2n) is 4.23. The van der Waals surface area contributed by atoms with Crippen molar-refractivity contribution < 1.29 is 4.79 Å². The van der Waals surface area contributed by atoms with Crippen molar-refractivity contribution in [3.63, 3.8) is 0 Å². The van der Waals surface area contributed by atoms with E-state index in [2.05, 4.69) is 31.1 Å². The molecule has 0 heterocycles. The fourth-order valence-corrected chi connectivity index (χ4v) is 1.35. The minimum Gasteiger partial charge on any atom is -0.357 e. The molecule has 0 saturated carbocycles. The Morgan fingerprint density at radius 1 is 1.47 bits per heavy atom. The van der Waals surface area contributed by atoms with Crippen LogP contribution in [0.5, 0.6) is 0 Å². The van der Waals surface area contributed by atoms with Crippen molar-refractivity contribution in [2.45, 2.75) is 52.5 Å². The SMILES string of the molecule is CCCCC=N[C@@H](CC(C)C)C(=O)NC. The summed E-state index contributed by atoms with van der Waals surface area (Å²) in [5, 5.41) is 2.66. The summed E-state index contributed by atoms with van der Waals surface area (Å²) in [6.07, 6.45) is 6.00. The van der Waals surface area contributed by atoms with E-state index >= 15 is 0 Å². The molecule has 3 heteroatoms. The van der Waals surface area contributed by atoms with Crippen LogP contribution in [0.15, 0.2) is 4.99 Å². The Labute approximate surface area is 93.4 Å². The summed E-state index contributed by atoms with van der Waals surface area (Å²) in [6, 6.07) is -0.202. The van der Waals surface area contributed by atoms with Crippen LogP contribution in [0.3, 0.4) is 0 Å². The number of nitrogens with one attached hydrogen (secondary N) is 1. The Balaban J connectivity index is 4.11. The van der Waals surface area contributed by atoms with Crippen LogP contribution >= 0.6 is 0 Å². The van der Waals surface area contributed by atoms with Crippen LogP contribution in [0, 0.1) is 5.92 Å². The largest absolute Gasteiger partial charge is 0.357 e. The number of carbonyl (C=O) groups excluding carboxylic acids is 1. The van der Waals surface area contributed by atoms with Gasteiger partial charge in [0.05, 0.1) is 0 Å². The minimum atomic E-state index is -0.202. The van der Waals surface area contributed by atoms with Crippen LogP contribution in [0.4, 0.5) is 0 Å². The van der Waals surface area contributed by atoms with Crippen molar-refractivity contribution in [1.82, 2.24) is 5.32 Å². The fraction of sp³-hybridized carbons (Fsp3) is 0.833. The lowest BCUT2D eigenvalue weighted by Crippen LogP contribution is -2.31.